The van der Waals surface area contributed by atoms with Gasteiger partial charge in [0, 0.05) is 18.2 Å². The van der Waals surface area contributed by atoms with Crippen LogP contribution in [0.25, 0.3) is 0 Å². The van der Waals surface area contributed by atoms with Gasteiger partial charge in [-0.15, -0.1) is 0 Å². The van der Waals surface area contributed by atoms with E-state index in [9.17, 15) is 0 Å². The summed E-state index contributed by atoms with van der Waals surface area (Å²) in [7, 11) is 0. The van der Waals surface area contributed by atoms with Crippen molar-refractivity contribution in [3.8, 4) is 5.75 Å². The van der Waals surface area contributed by atoms with Crippen LogP contribution in [0.4, 0.5) is 0 Å². The number of thioether (sulfide) groups is 1. The van der Waals surface area contributed by atoms with E-state index in [-0.39, 0.29) is 0 Å². The average molecular weight is 251 g/mol. The Labute approximate surface area is 108 Å². The Morgan fingerprint density at radius 2 is 2.06 bits per heavy atom. The summed E-state index contributed by atoms with van der Waals surface area (Å²) < 4.78 is 5.63. The summed E-state index contributed by atoms with van der Waals surface area (Å²) in [5.41, 5.74) is 1.27. The molecule has 1 heterocycles. The van der Waals surface area contributed by atoms with E-state index in [4.69, 9.17) is 4.74 Å². The van der Waals surface area contributed by atoms with Crippen molar-refractivity contribution in [3.63, 3.8) is 0 Å². The number of nitrogens with one attached hydrogen (secondary N) is 1. The van der Waals surface area contributed by atoms with Crippen LogP contribution in [0.1, 0.15) is 25.3 Å². The summed E-state index contributed by atoms with van der Waals surface area (Å²) in [4.78, 5) is 0. The molecule has 1 saturated heterocycles. The van der Waals surface area contributed by atoms with E-state index in [1.54, 1.807) is 0 Å². The fraction of sp³-hybridized carbons (Fsp3) is 0.571. The molecular weight excluding hydrogens is 230 g/mol. The number of rotatable bonds is 5. The predicted molar refractivity (Wildman–Crippen MR) is 74.8 cm³/mol. The Hall–Kier alpha value is -0.670. The Kier molecular flexibility index (Phi) is 5.20. The third-order valence-corrected chi connectivity index (χ3v) is 4.12. The fourth-order valence-corrected chi connectivity index (χ4v) is 3.21. The molecule has 1 N–H and O–H groups in total. The van der Waals surface area contributed by atoms with Gasteiger partial charge in [-0.3, -0.25) is 0 Å². The van der Waals surface area contributed by atoms with Crippen LogP contribution in [-0.2, 0) is 6.54 Å². The van der Waals surface area contributed by atoms with E-state index in [2.05, 4.69) is 35.3 Å². The first-order valence-corrected chi connectivity index (χ1v) is 7.57. The van der Waals surface area contributed by atoms with Gasteiger partial charge in [-0.05, 0) is 37.3 Å². The lowest BCUT2D eigenvalue weighted by Crippen LogP contribution is -2.32. The summed E-state index contributed by atoms with van der Waals surface area (Å²) in [6.07, 6.45) is 2.59. The number of para-hydroxylation sites is 1. The van der Waals surface area contributed by atoms with Crippen molar-refractivity contribution >= 4 is 11.8 Å². The van der Waals surface area contributed by atoms with Crippen LogP contribution in [0.3, 0.4) is 0 Å². The molecule has 94 valence electrons. The van der Waals surface area contributed by atoms with Crippen molar-refractivity contribution in [1.82, 2.24) is 5.32 Å². The van der Waals surface area contributed by atoms with Crippen LogP contribution in [0, 0.1) is 0 Å². The molecule has 0 saturated carbocycles. The molecule has 0 atom stereocenters. The Morgan fingerprint density at radius 1 is 1.29 bits per heavy atom. The molecule has 1 aromatic rings. The second-order valence-corrected chi connectivity index (χ2v) is 5.53. The van der Waals surface area contributed by atoms with Crippen LogP contribution in [0.2, 0.25) is 0 Å². The molecule has 1 aliphatic heterocycles. The third-order valence-electron chi connectivity index (χ3n) is 3.07. The van der Waals surface area contributed by atoms with Gasteiger partial charge in [0.05, 0.1) is 6.61 Å². The molecule has 3 heteroatoms. The SMILES string of the molecule is CCOc1ccccc1CNC1CCSCC1. The molecule has 1 aromatic carbocycles. The zero-order chi connectivity index (χ0) is 11.9. The van der Waals surface area contributed by atoms with E-state index in [1.807, 2.05) is 13.0 Å². The Morgan fingerprint density at radius 3 is 2.82 bits per heavy atom. The smallest absolute Gasteiger partial charge is 0.123 e. The van der Waals surface area contributed by atoms with Gasteiger partial charge < -0.3 is 10.1 Å². The second kappa shape index (κ2) is 6.92. The van der Waals surface area contributed by atoms with Crippen molar-refractivity contribution < 1.29 is 4.74 Å². The van der Waals surface area contributed by atoms with Crippen LogP contribution < -0.4 is 10.1 Å². The maximum absolute atomic E-state index is 5.63. The third kappa shape index (κ3) is 3.93. The van der Waals surface area contributed by atoms with Gasteiger partial charge in [0.25, 0.3) is 0 Å². The topological polar surface area (TPSA) is 21.3 Å². The van der Waals surface area contributed by atoms with E-state index >= 15 is 0 Å². The molecule has 1 fully saturated rings. The lowest BCUT2D eigenvalue weighted by atomic mass is 10.1. The first-order valence-electron chi connectivity index (χ1n) is 6.42. The molecule has 0 aromatic heterocycles. The highest BCUT2D eigenvalue weighted by atomic mass is 32.2. The number of hydrogen-bond donors (Lipinski definition) is 1. The standard InChI is InChI=1S/C14H21NOS/c1-2-16-14-6-4-3-5-12(14)11-15-13-7-9-17-10-8-13/h3-6,13,15H,2,7-11H2,1H3. The van der Waals surface area contributed by atoms with Gasteiger partial charge >= 0.3 is 0 Å². The Bertz CT molecular complexity index is 337. The van der Waals surface area contributed by atoms with Gasteiger partial charge in [0.2, 0.25) is 0 Å². The maximum Gasteiger partial charge on any atom is 0.123 e. The van der Waals surface area contributed by atoms with E-state index in [0.717, 1.165) is 18.9 Å². The summed E-state index contributed by atoms with van der Waals surface area (Å²) in [5.74, 6) is 3.61. The Balaban J connectivity index is 1.88. The maximum atomic E-state index is 5.63. The van der Waals surface area contributed by atoms with Gasteiger partial charge in [-0.2, -0.15) is 11.8 Å². The fourth-order valence-electron chi connectivity index (χ4n) is 2.10. The van der Waals surface area contributed by atoms with Crippen molar-refractivity contribution in [2.45, 2.75) is 32.4 Å². The highest BCUT2D eigenvalue weighted by Crippen LogP contribution is 2.20. The van der Waals surface area contributed by atoms with Crippen molar-refractivity contribution in [2.75, 3.05) is 18.1 Å². The lowest BCUT2D eigenvalue weighted by Gasteiger charge is -2.23. The van der Waals surface area contributed by atoms with Crippen LogP contribution in [0.15, 0.2) is 24.3 Å². The highest BCUT2D eigenvalue weighted by Gasteiger charge is 2.13. The molecule has 0 aliphatic carbocycles. The van der Waals surface area contributed by atoms with E-state index in [1.165, 1.54) is 29.9 Å². The molecule has 1 aliphatic rings. The molecule has 0 bridgehead atoms. The molecule has 17 heavy (non-hydrogen) atoms. The number of hydrogen-bond acceptors (Lipinski definition) is 3. The summed E-state index contributed by atoms with van der Waals surface area (Å²) in [6.45, 7) is 3.69. The summed E-state index contributed by atoms with van der Waals surface area (Å²) >= 11 is 2.07. The zero-order valence-electron chi connectivity index (χ0n) is 10.4. The minimum atomic E-state index is 0.686. The largest absolute Gasteiger partial charge is 0.494 e. The summed E-state index contributed by atoms with van der Waals surface area (Å²) in [6, 6.07) is 9.00. The second-order valence-electron chi connectivity index (χ2n) is 4.31. The molecule has 2 nitrogen and oxygen atoms in total. The van der Waals surface area contributed by atoms with Crippen LogP contribution in [-0.4, -0.2) is 24.2 Å². The first kappa shape index (κ1) is 12.8. The summed E-state index contributed by atoms with van der Waals surface area (Å²) in [5, 5.41) is 3.64. The molecule has 0 amide bonds. The minimum Gasteiger partial charge on any atom is -0.494 e. The molecular formula is C14H21NOS. The molecule has 0 spiro atoms. The monoisotopic (exact) mass is 251 g/mol. The van der Waals surface area contributed by atoms with Crippen molar-refractivity contribution in [1.29, 1.82) is 0 Å². The lowest BCUT2D eigenvalue weighted by molar-refractivity contribution is 0.334. The van der Waals surface area contributed by atoms with Gasteiger partial charge in [0.1, 0.15) is 5.75 Å². The minimum absolute atomic E-state index is 0.686. The predicted octanol–water partition coefficient (Wildman–Crippen LogP) is 3.07. The number of ether oxygens (including phenoxy) is 1. The van der Waals surface area contributed by atoms with Crippen molar-refractivity contribution in [3.05, 3.63) is 29.8 Å². The van der Waals surface area contributed by atoms with Crippen LogP contribution >= 0.6 is 11.8 Å². The quantitative estimate of drug-likeness (QED) is 0.869. The van der Waals surface area contributed by atoms with Crippen molar-refractivity contribution in [2.24, 2.45) is 0 Å². The molecule has 0 unspecified atom stereocenters. The molecule has 0 radical (unpaired) electrons. The number of benzene rings is 1. The van der Waals surface area contributed by atoms with E-state index < -0.39 is 0 Å². The van der Waals surface area contributed by atoms with Gasteiger partial charge in [-0.25, -0.2) is 0 Å². The van der Waals surface area contributed by atoms with Gasteiger partial charge in [0.15, 0.2) is 0 Å². The van der Waals surface area contributed by atoms with Crippen LogP contribution in [0.5, 0.6) is 5.75 Å². The molecule has 2 rings (SSSR count). The average Bonchev–Trinajstić information content (AvgIpc) is 2.39. The highest BCUT2D eigenvalue weighted by molar-refractivity contribution is 7.99. The first-order chi connectivity index (χ1) is 8.40. The normalized spacial score (nSPS) is 17.0. The van der Waals surface area contributed by atoms with Gasteiger partial charge in [-0.1, -0.05) is 18.2 Å². The zero-order valence-corrected chi connectivity index (χ0v) is 11.3. The van der Waals surface area contributed by atoms with E-state index in [0.29, 0.717) is 6.04 Å².